The molecule has 1 unspecified atom stereocenters. The smallest absolute Gasteiger partial charge is 0.0728 e. The molecule has 166 valence electrons. The molecule has 1 rings (SSSR count). The van der Waals surface area contributed by atoms with Gasteiger partial charge in [-0.05, 0) is 37.5 Å². The summed E-state index contributed by atoms with van der Waals surface area (Å²) in [6.07, 6.45) is 26.8. The maximum absolute atomic E-state index is 9.97. The molecule has 0 fully saturated rings. The summed E-state index contributed by atoms with van der Waals surface area (Å²) >= 11 is 0. The first kappa shape index (κ1) is 25.7. The standard InChI is InChI=1S/C26H50O2/c1-26(2)22-24(21-25(28)23-26)19-17-15-13-11-9-7-5-3-4-6-8-10-12-14-16-18-20-27/h21,25,27-28H,3-20,22-23H2,1-2H3. The third kappa shape index (κ3) is 14.6. The van der Waals surface area contributed by atoms with Gasteiger partial charge < -0.3 is 10.2 Å². The van der Waals surface area contributed by atoms with E-state index in [1.165, 1.54) is 115 Å². The quantitative estimate of drug-likeness (QED) is 0.184. The van der Waals surface area contributed by atoms with Gasteiger partial charge in [-0.15, -0.1) is 0 Å². The average molecular weight is 395 g/mol. The van der Waals surface area contributed by atoms with Crippen LogP contribution in [-0.2, 0) is 0 Å². The number of unbranched alkanes of at least 4 members (excludes halogenated alkanes) is 15. The van der Waals surface area contributed by atoms with Gasteiger partial charge in [-0.1, -0.05) is 115 Å². The van der Waals surface area contributed by atoms with E-state index >= 15 is 0 Å². The second-order valence-corrected chi connectivity index (χ2v) is 10.1. The minimum atomic E-state index is -0.212. The molecule has 0 aliphatic heterocycles. The lowest BCUT2D eigenvalue weighted by atomic mass is 9.75. The van der Waals surface area contributed by atoms with E-state index in [2.05, 4.69) is 19.9 Å². The molecule has 0 bridgehead atoms. The van der Waals surface area contributed by atoms with Crippen molar-refractivity contribution in [3.05, 3.63) is 11.6 Å². The molecule has 0 spiro atoms. The van der Waals surface area contributed by atoms with Crippen LogP contribution in [0.15, 0.2) is 11.6 Å². The Morgan fingerprint density at radius 2 is 1.11 bits per heavy atom. The number of hydrogen-bond acceptors (Lipinski definition) is 2. The highest BCUT2D eigenvalue weighted by Gasteiger charge is 2.27. The third-order valence-electron chi connectivity index (χ3n) is 6.30. The number of aliphatic hydroxyl groups excluding tert-OH is 2. The molecule has 0 saturated heterocycles. The Bertz CT molecular complexity index is 386. The molecular weight excluding hydrogens is 344 g/mol. The fourth-order valence-electron chi connectivity index (χ4n) is 4.75. The fraction of sp³-hybridized carbons (Fsp3) is 0.923. The van der Waals surface area contributed by atoms with Crippen LogP contribution in [0.5, 0.6) is 0 Å². The van der Waals surface area contributed by atoms with Crippen molar-refractivity contribution in [3.8, 4) is 0 Å². The predicted molar refractivity (Wildman–Crippen MR) is 123 cm³/mol. The second-order valence-electron chi connectivity index (χ2n) is 10.1. The zero-order valence-electron chi connectivity index (χ0n) is 19.2. The molecule has 2 N–H and O–H groups in total. The third-order valence-corrected chi connectivity index (χ3v) is 6.30. The van der Waals surface area contributed by atoms with Crippen molar-refractivity contribution in [3.63, 3.8) is 0 Å². The van der Waals surface area contributed by atoms with Gasteiger partial charge in [0.2, 0.25) is 0 Å². The van der Waals surface area contributed by atoms with Crippen LogP contribution in [0.25, 0.3) is 0 Å². The van der Waals surface area contributed by atoms with Crippen molar-refractivity contribution in [1.29, 1.82) is 0 Å². The molecule has 28 heavy (non-hydrogen) atoms. The van der Waals surface area contributed by atoms with Crippen molar-refractivity contribution in [1.82, 2.24) is 0 Å². The zero-order valence-corrected chi connectivity index (χ0v) is 19.2. The van der Waals surface area contributed by atoms with Gasteiger partial charge in [0.15, 0.2) is 0 Å². The van der Waals surface area contributed by atoms with Gasteiger partial charge in [0.05, 0.1) is 6.10 Å². The Labute approximate surface area is 176 Å². The van der Waals surface area contributed by atoms with Gasteiger partial charge in [-0.25, -0.2) is 0 Å². The van der Waals surface area contributed by atoms with Gasteiger partial charge >= 0.3 is 0 Å². The monoisotopic (exact) mass is 394 g/mol. The Morgan fingerprint density at radius 1 is 0.714 bits per heavy atom. The van der Waals surface area contributed by atoms with Crippen molar-refractivity contribution in [2.75, 3.05) is 6.61 Å². The van der Waals surface area contributed by atoms with Crippen molar-refractivity contribution in [2.45, 2.75) is 142 Å². The number of hydrogen-bond donors (Lipinski definition) is 2. The van der Waals surface area contributed by atoms with Crippen LogP contribution in [0.1, 0.15) is 136 Å². The van der Waals surface area contributed by atoms with E-state index in [1.54, 1.807) is 0 Å². The topological polar surface area (TPSA) is 40.5 Å². The highest BCUT2D eigenvalue weighted by molar-refractivity contribution is 5.12. The number of rotatable bonds is 18. The van der Waals surface area contributed by atoms with Gasteiger partial charge in [0, 0.05) is 6.61 Å². The van der Waals surface area contributed by atoms with Gasteiger partial charge in [-0.3, -0.25) is 0 Å². The number of allylic oxidation sites excluding steroid dienone is 1. The Kier molecular flexibility index (Phi) is 15.1. The van der Waals surface area contributed by atoms with Crippen LogP contribution in [0.2, 0.25) is 0 Å². The molecule has 0 heterocycles. The van der Waals surface area contributed by atoms with E-state index in [9.17, 15) is 5.11 Å². The first-order valence-corrected chi connectivity index (χ1v) is 12.5. The Hall–Kier alpha value is -0.340. The molecule has 0 aromatic heterocycles. The second kappa shape index (κ2) is 16.5. The molecule has 0 radical (unpaired) electrons. The highest BCUT2D eigenvalue weighted by atomic mass is 16.3. The van der Waals surface area contributed by atoms with Gasteiger partial charge in [0.25, 0.3) is 0 Å². The molecule has 0 amide bonds. The van der Waals surface area contributed by atoms with Crippen LogP contribution in [0.4, 0.5) is 0 Å². The maximum Gasteiger partial charge on any atom is 0.0728 e. The van der Waals surface area contributed by atoms with E-state index < -0.39 is 0 Å². The van der Waals surface area contributed by atoms with Gasteiger partial charge in [-0.2, -0.15) is 0 Å². The van der Waals surface area contributed by atoms with Crippen molar-refractivity contribution in [2.24, 2.45) is 5.41 Å². The molecule has 2 heteroatoms. The first-order valence-electron chi connectivity index (χ1n) is 12.5. The minimum Gasteiger partial charge on any atom is -0.396 e. The molecule has 0 aromatic carbocycles. The molecule has 0 aromatic rings. The van der Waals surface area contributed by atoms with Crippen LogP contribution < -0.4 is 0 Å². The molecular formula is C26H50O2. The normalized spacial score (nSPS) is 19.0. The van der Waals surface area contributed by atoms with Crippen LogP contribution in [0, 0.1) is 5.41 Å². The van der Waals surface area contributed by atoms with Crippen LogP contribution >= 0.6 is 0 Å². The summed E-state index contributed by atoms with van der Waals surface area (Å²) in [5, 5.41) is 18.7. The summed E-state index contributed by atoms with van der Waals surface area (Å²) in [6, 6.07) is 0. The minimum absolute atomic E-state index is 0.212. The molecule has 0 saturated carbocycles. The lowest BCUT2D eigenvalue weighted by Gasteiger charge is -2.32. The van der Waals surface area contributed by atoms with Crippen molar-refractivity contribution < 1.29 is 10.2 Å². The van der Waals surface area contributed by atoms with E-state index in [4.69, 9.17) is 5.11 Å². The predicted octanol–water partition coefficient (Wildman–Crippen LogP) is 7.72. The Morgan fingerprint density at radius 3 is 1.50 bits per heavy atom. The summed E-state index contributed by atoms with van der Waals surface area (Å²) in [5.41, 5.74) is 1.78. The SMILES string of the molecule is CC1(C)CC(CCCCCCCCCCCCCCCCCCO)=CC(O)C1. The van der Waals surface area contributed by atoms with E-state index in [-0.39, 0.29) is 11.5 Å². The lowest BCUT2D eigenvalue weighted by molar-refractivity contribution is 0.137. The average Bonchev–Trinajstić information content (AvgIpc) is 2.62. The zero-order chi connectivity index (χ0) is 20.5. The van der Waals surface area contributed by atoms with Crippen LogP contribution in [-0.4, -0.2) is 22.9 Å². The van der Waals surface area contributed by atoms with Crippen molar-refractivity contribution >= 4 is 0 Å². The molecule has 2 nitrogen and oxygen atoms in total. The lowest BCUT2D eigenvalue weighted by Crippen LogP contribution is -2.24. The highest BCUT2D eigenvalue weighted by Crippen LogP contribution is 2.37. The Balaban J connectivity index is 1.79. The summed E-state index contributed by atoms with van der Waals surface area (Å²) < 4.78 is 0. The number of aliphatic hydroxyl groups is 2. The van der Waals surface area contributed by atoms with Crippen LogP contribution in [0.3, 0.4) is 0 Å². The molecule has 1 aliphatic carbocycles. The summed E-state index contributed by atoms with van der Waals surface area (Å²) in [5.74, 6) is 0. The molecule has 1 atom stereocenters. The fourth-order valence-corrected chi connectivity index (χ4v) is 4.75. The summed E-state index contributed by atoms with van der Waals surface area (Å²) in [6.45, 7) is 4.93. The van der Waals surface area contributed by atoms with Gasteiger partial charge in [0.1, 0.15) is 0 Å². The van der Waals surface area contributed by atoms with E-state index in [0.29, 0.717) is 6.61 Å². The largest absolute Gasteiger partial charge is 0.396 e. The summed E-state index contributed by atoms with van der Waals surface area (Å²) in [7, 11) is 0. The summed E-state index contributed by atoms with van der Waals surface area (Å²) in [4.78, 5) is 0. The molecule has 1 aliphatic rings. The maximum atomic E-state index is 9.97. The van der Waals surface area contributed by atoms with E-state index in [0.717, 1.165) is 12.8 Å². The van der Waals surface area contributed by atoms with E-state index in [1.807, 2.05) is 0 Å². The first-order chi connectivity index (χ1) is 13.5.